The predicted octanol–water partition coefficient (Wildman–Crippen LogP) is 1.99. The number of ether oxygens (including phenoxy) is 1. The van der Waals surface area contributed by atoms with Gasteiger partial charge in [-0.25, -0.2) is 4.39 Å². The Morgan fingerprint density at radius 1 is 1.50 bits per heavy atom. The van der Waals surface area contributed by atoms with Gasteiger partial charge in [0.15, 0.2) is 0 Å². The summed E-state index contributed by atoms with van der Waals surface area (Å²) in [7, 11) is 1.63. The SMILES string of the molecule is CCC(CN)(COC)Nc1cccc(F)c1. The van der Waals surface area contributed by atoms with Crippen LogP contribution < -0.4 is 11.1 Å². The van der Waals surface area contributed by atoms with Gasteiger partial charge in [-0.05, 0) is 24.6 Å². The third-order valence-corrected chi connectivity index (χ3v) is 2.72. The van der Waals surface area contributed by atoms with Crippen LogP contribution in [0.4, 0.5) is 10.1 Å². The first kappa shape index (κ1) is 12.9. The molecule has 3 N–H and O–H groups in total. The van der Waals surface area contributed by atoms with Crippen LogP contribution in [0.5, 0.6) is 0 Å². The standard InChI is InChI=1S/C12H19FN2O/c1-3-12(8-14,9-16-2)15-11-6-4-5-10(13)7-11/h4-7,15H,3,8-9,14H2,1-2H3. The third-order valence-electron chi connectivity index (χ3n) is 2.72. The summed E-state index contributed by atoms with van der Waals surface area (Å²) in [4.78, 5) is 0. The molecule has 3 nitrogen and oxygen atoms in total. The first-order valence-electron chi connectivity index (χ1n) is 5.38. The minimum atomic E-state index is -0.331. The topological polar surface area (TPSA) is 47.3 Å². The van der Waals surface area contributed by atoms with Gasteiger partial charge in [0.25, 0.3) is 0 Å². The van der Waals surface area contributed by atoms with Crippen LogP contribution in [0.1, 0.15) is 13.3 Å². The van der Waals surface area contributed by atoms with E-state index in [9.17, 15) is 4.39 Å². The summed E-state index contributed by atoms with van der Waals surface area (Å²) in [5.74, 6) is -0.260. The van der Waals surface area contributed by atoms with Crippen LogP contribution in [0.2, 0.25) is 0 Å². The zero-order valence-electron chi connectivity index (χ0n) is 9.79. The molecule has 0 saturated heterocycles. The van der Waals surface area contributed by atoms with Gasteiger partial charge in [0, 0.05) is 19.3 Å². The summed E-state index contributed by atoms with van der Waals surface area (Å²) >= 11 is 0. The van der Waals surface area contributed by atoms with Crippen LogP contribution in [-0.4, -0.2) is 25.8 Å². The number of nitrogens with one attached hydrogen (secondary N) is 1. The Morgan fingerprint density at radius 3 is 2.75 bits per heavy atom. The van der Waals surface area contributed by atoms with Crippen molar-refractivity contribution in [2.75, 3.05) is 25.6 Å². The number of hydrogen-bond donors (Lipinski definition) is 2. The zero-order valence-corrected chi connectivity index (χ0v) is 9.79. The van der Waals surface area contributed by atoms with Crippen molar-refractivity contribution in [1.82, 2.24) is 0 Å². The van der Waals surface area contributed by atoms with E-state index in [0.29, 0.717) is 13.2 Å². The zero-order chi connectivity index (χ0) is 12.0. The molecule has 4 heteroatoms. The van der Waals surface area contributed by atoms with Crippen LogP contribution in [0.3, 0.4) is 0 Å². The lowest BCUT2D eigenvalue weighted by Crippen LogP contribution is -2.48. The number of halogens is 1. The first-order chi connectivity index (χ1) is 7.65. The molecule has 0 spiro atoms. The van der Waals surface area contributed by atoms with Crippen molar-refractivity contribution in [3.8, 4) is 0 Å². The summed E-state index contributed by atoms with van der Waals surface area (Å²) < 4.78 is 18.2. The Balaban J connectivity index is 2.82. The van der Waals surface area contributed by atoms with E-state index in [4.69, 9.17) is 10.5 Å². The normalized spacial score (nSPS) is 14.5. The lowest BCUT2D eigenvalue weighted by molar-refractivity contribution is 0.143. The minimum Gasteiger partial charge on any atom is -0.382 e. The Hall–Kier alpha value is -1.13. The van der Waals surface area contributed by atoms with Gasteiger partial charge in [-0.15, -0.1) is 0 Å². The van der Waals surface area contributed by atoms with E-state index in [-0.39, 0.29) is 11.4 Å². The predicted molar refractivity (Wildman–Crippen MR) is 64.0 cm³/mol. The van der Waals surface area contributed by atoms with Gasteiger partial charge in [0.2, 0.25) is 0 Å². The van der Waals surface area contributed by atoms with Crippen LogP contribution in [-0.2, 0) is 4.74 Å². The smallest absolute Gasteiger partial charge is 0.125 e. The van der Waals surface area contributed by atoms with E-state index < -0.39 is 0 Å². The van der Waals surface area contributed by atoms with Gasteiger partial charge in [-0.2, -0.15) is 0 Å². The molecule has 0 aliphatic carbocycles. The van der Waals surface area contributed by atoms with Crippen molar-refractivity contribution in [2.45, 2.75) is 18.9 Å². The minimum absolute atomic E-state index is 0.260. The summed E-state index contributed by atoms with van der Waals surface area (Å²) in [5.41, 5.74) is 6.15. The first-order valence-corrected chi connectivity index (χ1v) is 5.38. The molecule has 0 aliphatic rings. The second-order valence-electron chi connectivity index (χ2n) is 3.91. The van der Waals surface area contributed by atoms with Gasteiger partial charge < -0.3 is 15.8 Å². The Morgan fingerprint density at radius 2 is 2.25 bits per heavy atom. The molecule has 0 saturated carbocycles. The molecule has 16 heavy (non-hydrogen) atoms. The van der Waals surface area contributed by atoms with Crippen molar-refractivity contribution in [2.24, 2.45) is 5.73 Å². The highest BCUT2D eigenvalue weighted by molar-refractivity contribution is 5.46. The molecule has 0 amide bonds. The highest BCUT2D eigenvalue weighted by atomic mass is 19.1. The maximum absolute atomic E-state index is 13.0. The van der Waals surface area contributed by atoms with E-state index >= 15 is 0 Å². The molecule has 0 bridgehead atoms. The van der Waals surface area contributed by atoms with Gasteiger partial charge in [-0.1, -0.05) is 13.0 Å². The number of anilines is 1. The molecule has 1 aromatic rings. The van der Waals surface area contributed by atoms with Crippen molar-refractivity contribution in [3.63, 3.8) is 0 Å². The lowest BCUT2D eigenvalue weighted by Gasteiger charge is -2.33. The molecular weight excluding hydrogens is 207 g/mol. The Bertz CT molecular complexity index is 327. The molecule has 0 fully saturated rings. The number of methoxy groups -OCH3 is 1. The van der Waals surface area contributed by atoms with Crippen LogP contribution in [0.15, 0.2) is 24.3 Å². The summed E-state index contributed by atoms with van der Waals surface area (Å²) in [6, 6.07) is 6.35. The summed E-state index contributed by atoms with van der Waals surface area (Å²) in [6.07, 6.45) is 0.813. The van der Waals surface area contributed by atoms with Crippen molar-refractivity contribution < 1.29 is 9.13 Å². The molecule has 1 atom stereocenters. The lowest BCUT2D eigenvalue weighted by atomic mass is 9.97. The fourth-order valence-electron chi connectivity index (χ4n) is 1.63. The van der Waals surface area contributed by atoms with Crippen LogP contribution in [0, 0.1) is 5.82 Å². The number of hydrogen-bond acceptors (Lipinski definition) is 3. The van der Waals surface area contributed by atoms with Crippen molar-refractivity contribution >= 4 is 5.69 Å². The maximum Gasteiger partial charge on any atom is 0.125 e. The van der Waals surface area contributed by atoms with Crippen LogP contribution in [0.25, 0.3) is 0 Å². The molecular formula is C12H19FN2O. The van der Waals surface area contributed by atoms with Gasteiger partial charge >= 0.3 is 0 Å². The molecule has 0 aromatic heterocycles. The number of rotatable bonds is 6. The van der Waals surface area contributed by atoms with E-state index in [1.54, 1.807) is 13.2 Å². The van der Waals surface area contributed by atoms with E-state index in [1.165, 1.54) is 12.1 Å². The van der Waals surface area contributed by atoms with Gasteiger partial charge in [0.05, 0.1) is 12.1 Å². The number of benzene rings is 1. The average Bonchev–Trinajstić information content (AvgIpc) is 2.28. The van der Waals surface area contributed by atoms with E-state index in [0.717, 1.165) is 12.1 Å². The van der Waals surface area contributed by atoms with E-state index in [1.807, 2.05) is 13.0 Å². The quantitative estimate of drug-likeness (QED) is 0.780. The van der Waals surface area contributed by atoms with Crippen molar-refractivity contribution in [3.05, 3.63) is 30.1 Å². The van der Waals surface area contributed by atoms with Crippen LogP contribution >= 0.6 is 0 Å². The van der Waals surface area contributed by atoms with E-state index in [2.05, 4.69) is 5.32 Å². The molecule has 1 rings (SSSR count). The second-order valence-corrected chi connectivity index (χ2v) is 3.91. The van der Waals surface area contributed by atoms with Gasteiger partial charge in [0.1, 0.15) is 5.82 Å². The monoisotopic (exact) mass is 226 g/mol. The number of nitrogens with two attached hydrogens (primary N) is 1. The third kappa shape index (κ3) is 3.18. The van der Waals surface area contributed by atoms with Gasteiger partial charge in [-0.3, -0.25) is 0 Å². The summed E-state index contributed by atoms with van der Waals surface area (Å²) in [5, 5.41) is 3.24. The fraction of sp³-hybridized carbons (Fsp3) is 0.500. The molecule has 1 unspecified atom stereocenters. The molecule has 1 aromatic carbocycles. The summed E-state index contributed by atoms with van der Waals surface area (Å²) in [6.45, 7) is 2.96. The average molecular weight is 226 g/mol. The highest BCUT2D eigenvalue weighted by Crippen LogP contribution is 2.19. The van der Waals surface area contributed by atoms with Crippen molar-refractivity contribution in [1.29, 1.82) is 0 Å². The highest BCUT2D eigenvalue weighted by Gasteiger charge is 2.26. The second kappa shape index (κ2) is 5.82. The molecule has 0 heterocycles. The molecule has 0 aliphatic heterocycles. The maximum atomic E-state index is 13.0. The fourth-order valence-corrected chi connectivity index (χ4v) is 1.63. The Labute approximate surface area is 95.8 Å². The molecule has 0 radical (unpaired) electrons. The molecule has 90 valence electrons. The largest absolute Gasteiger partial charge is 0.382 e. The Kier molecular flexibility index (Phi) is 4.71.